The first kappa shape index (κ1) is 15.2. The van der Waals surface area contributed by atoms with E-state index in [0.29, 0.717) is 6.54 Å². The van der Waals surface area contributed by atoms with Crippen molar-refractivity contribution < 1.29 is 8.42 Å². The fourth-order valence-corrected chi connectivity index (χ4v) is 3.17. The van der Waals surface area contributed by atoms with Gasteiger partial charge in [-0.1, -0.05) is 12.1 Å². The lowest BCUT2D eigenvalue weighted by molar-refractivity contribution is 0.494. The topological polar surface area (TPSA) is 87.8 Å². The molecule has 0 amide bonds. The standard InChI is InChI=1S/C14H16N4O2S/c1-12(11-18-10-2-9-16-18)17-21(19,20)14-5-3-13(4-6-14)7-8-15/h2-6,9-10,12,17H,7,11H2,1H3. The normalized spacial score (nSPS) is 12.8. The van der Waals surface area contributed by atoms with Gasteiger partial charge in [0.15, 0.2) is 0 Å². The van der Waals surface area contributed by atoms with Crippen molar-refractivity contribution in [2.45, 2.75) is 30.8 Å². The summed E-state index contributed by atoms with van der Waals surface area (Å²) in [6, 6.07) is 9.84. The van der Waals surface area contributed by atoms with Gasteiger partial charge < -0.3 is 0 Å². The average Bonchev–Trinajstić information content (AvgIpc) is 2.92. The maximum Gasteiger partial charge on any atom is 0.240 e. The lowest BCUT2D eigenvalue weighted by Crippen LogP contribution is -2.35. The number of hydrogen-bond donors (Lipinski definition) is 1. The summed E-state index contributed by atoms with van der Waals surface area (Å²) in [4.78, 5) is 0.191. The summed E-state index contributed by atoms with van der Waals surface area (Å²) in [6.45, 7) is 2.24. The highest BCUT2D eigenvalue weighted by Crippen LogP contribution is 2.11. The van der Waals surface area contributed by atoms with Gasteiger partial charge in [-0.3, -0.25) is 4.68 Å². The minimum Gasteiger partial charge on any atom is -0.271 e. The third-order valence-corrected chi connectivity index (χ3v) is 4.50. The van der Waals surface area contributed by atoms with Crippen LogP contribution in [0.4, 0.5) is 0 Å². The summed E-state index contributed by atoms with van der Waals surface area (Å²) in [5.41, 5.74) is 0.793. The lowest BCUT2D eigenvalue weighted by atomic mass is 10.2. The van der Waals surface area contributed by atoms with E-state index in [4.69, 9.17) is 5.26 Å². The molecule has 6 nitrogen and oxygen atoms in total. The molecule has 21 heavy (non-hydrogen) atoms. The predicted octanol–water partition coefficient (Wildman–Crippen LogP) is 1.32. The van der Waals surface area contributed by atoms with Crippen LogP contribution in [-0.4, -0.2) is 24.2 Å². The SMILES string of the molecule is CC(Cn1cccn1)NS(=O)(=O)c1ccc(CC#N)cc1. The van der Waals surface area contributed by atoms with E-state index in [1.165, 1.54) is 12.1 Å². The van der Waals surface area contributed by atoms with Gasteiger partial charge in [-0.15, -0.1) is 0 Å². The highest BCUT2D eigenvalue weighted by Gasteiger charge is 2.17. The Balaban J connectivity index is 2.05. The van der Waals surface area contributed by atoms with Gasteiger partial charge in [0.1, 0.15) is 0 Å². The predicted molar refractivity (Wildman–Crippen MR) is 77.8 cm³/mol. The van der Waals surface area contributed by atoms with Crippen molar-refractivity contribution >= 4 is 10.0 Å². The third kappa shape index (κ3) is 4.15. The average molecular weight is 304 g/mol. The second-order valence-electron chi connectivity index (χ2n) is 4.73. The molecule has 7 heteroatoms. The minimum atomic E-state index is -3.57. The number of aromatic nitrogens is 2. The molecule has 0 radical (unpaired) electrons. The highest BCUT2D eigenvalue weighted by molar-refractivity contribution is 7.89. The summed E-state index contributed by atoms with van der Waals surface area (Å²) in [5.74, 6) is 0. The summed E-state index contributed by atoms with van der Waals surface area (Å²) in [5, 5.41) is 12.6. The molecule has 1 atom stereocenters. The van der Waals surface area contributed by atoms with Crippen LogP contribution in [0.15, 0.2) is 47.6 Å². The molecule has 1 aromatic heterocycles. The van der Waals surface area contributed by atoms with Crippen molar-refractivity contribution in [1.29, 1.82) is 5.26 Å². The molecule has 110 valence electrons. The maximum absolute atomic E-state index is 12.2. The zero-order chi connectivity index (χ0) is 15.3. The molecule has 2 rings (SSSR count). The molecule has 0 aliphatic heterocycles. The number of rotatable bonds is 6. The molecular weight excluding hydrogens is 288 g/mol. The fraction of sp³-hybridized carbons (Fsp3) is 0.286. The first-order chi connectivity index (χ1) is 10.0. The number of nitrogens with one attached hydrogen (secondary N) is 1. The quantitative estimate of drug-likeness (QED) is 0.871. The van der Waals surface area contributed by atoms with Crippen molar-refractivity contribution in [1.82, 2.24) is 14.5 Å². The van der Waals surface area contributed by atoms with Gasteiger partial charge in [-0.2, -0.15) is 10.4 Å². The van der Waals surface area contributed by atoms with Crippen LogP contribution in [0.1, 0.15) is 12.5 Å². The molecule has 0 bridgehead atoms. The fourth-order valence-electron chi connectivity index (χ4n) is 1.94. The van der Waals surface area contributed by atoms with Crippen molar-refractivity contribution in [2.75, 3.05) is 0 Å². The molecule has 1 heterocycles. The number of nitriles is 1. The Labute approximate surface area is 124 Å². The number of benzene rings is 1. The van der Waals surface area contributed by atoms with Crippen LogP contribution >= 0.6 is 0 Å². The van der Waals surface area contributed by atoms with Gasteiger partial charge in [0.05, 0.1) is 23.9 Å². The van der Waals surface area contributed by atoms with Crippen LogP contribution in [0.2, 0.25) is 0 Å². The van der Waals surface area contributed by atoms with Crippen LogP contribution in [0.5, 0.6) is 0 Å². The van der Waals surface area contributed by atoms with E-state index in [-0.39, 0.29) is 17.4 Å². The second-order valence-corrected chi connectivity index (χ2v) is 6.44. The van der Waals surface area contributed by atoms with E-state index in [1.807, 2.05) is 6.07 Å². The molecule has 1 N–H and O–H groups in total. The van der Waals surface area contributed by atoms with Crippen molar-refractivity contribution in [3.8, 4) is 6.07 Å². The van der Waals surface area contributed by atoms with E-state index >= 15 is 0 Å². The number of nitrogens with zero attached hydrogens (tertiary/aromatic N) is 3. The van der Waals surface area contributed by atoms with Crippen LogP contribution in [0.25, 0.3) is 0 Å². The zero-order valence-electron chi connectivity index (χ0n) is 11.6. The van der Waals surface area contributed by atoms with Gasteiger partial charge in [-0.05, 0) is 30.7 Å². The third-order valence-electron chi connectivity index (χ3n) is 2.89. The minimum absolute atomic E-state index is 0.191. The first-order valence-electron chi connectivity index (χ1n) is 6.47. The molecule has 2 aromatic rings. The lowest BCUT2D eigenvalue weighted by Gasteiger charge is -2.14. The summed E-state index contributed by atoms with van der Waals surface area (Å²) < 4.78 is 28.7. The molecule has 0 aliphatic carbocycles. The maximum atomic E-state index is 12.2. The Bertz CT molecular complexity index is 715. The monoisotopic (exact) mass is 304 g/mol. The van der Waals surface area contributed by atoms with E-state index in [0.717, 1.165) is 5.56 Å². The van der Waals surface area contributed by atoms with E-state index in [2.05, 4.69) is 9.82 Å². The Morgan fingerprint density at radius 3 is 2.67 bits per heavy atom. The van der Waals surface area contributed by atoms with Gasteiger partial charge in [-0.25, -0.2) is 13.1 Å². The highest BCUT2D eigenvalue weighted by atomic mass is 32.2. The summed E-state index contributed by atoms with van der Waals surface area (Å²) in [6.07, 6.45) is 3.69. The molecule has 0 saturated heterocycles. The zero-order valence-corrected chi connectivity index (χ0v) is 12.4. The van der Waals surface area contributed by atoms with E-state index < -0.39 is 10.0 Å². The largest absolute Gasteiger partial charge is 0.271 e. The smallest absolute Gasteiger partial charge is 0.240 e. The van der Waals surface area contributed by atoms with Crippen molar-refractivity contribution in [3.05, 3.63) is 48.3 Å². The van der Waals surface area contributed by atoms with Crippen LogP contribution in [0, 0.1) is 11.3 Å². The summed E-state index contributed by atoms with van der Waals surface area (Å²) >= 11 is 0. The van der Waals surface area contributed by atoms with Crippen LogP contribution in [0.3, 0.4) is 0 Å². The molecule has 0 saturated carbocycles. The Morgan fingerprint density at radius 2 is 2.10 bits per heavy atom. The van der Waals surface area contributed by atoms with Crippen LogP contribution in [-0.2, 0) is 23.0 Å². The molecule has 0 aliphatic rings. The Kier molecular flexibility index (Phi) is 4.73. The Morgan fingerprint density at radius 1 is 1.38 bits per heavy atom. The molecule has 0 fully saturated rings. The Hall–Kier alpha value is -2.17. The second kappa shape index (κ2) is 6.52. The van der Waals surface area contributed by atoms with E-state index in [1.54, 1.807) is 42.2 Å². The van der Waals surface area contributed by atoms with Gasteiger partial charge in [0, 0.05) is 18.4 Å². The van der Waals surface area contributed by atoms with Gasteiger partial charge in [0.2, 0.25) is 10.0 Å². The number of hydrogen-bond acceptors (Lipinski definition) is 4. The number of sulfonamides is 1. The molecular formula is C14H16N4O2S. The first-order valence-corrected chi connectivity index (χ1v) is 7.95. The van der Waals surface area contributed by atoms with Crippen molar-refractivity contribution in [3.63, 3.8) is 0 Å². The van der Waals surface area contributed by atoms with E-state index in [9.17, 15) is 8.42 Å². The van der Waals surface area contributed by atoms with Gasteiger partial charge >= 0.3 is 0 Å². The van der Waals surface area contributed by atoms with Crippen LogP contribution < -0.4 is 4.72 Å². The molecule has 1 aromatic carbocycles. The van der Waals surface area contributed by atoms with Gasteiger partial charge in [0.25, 0.3) is 0 Å². The summed E-state index contributed by atoms with van der Waals surface area (Å²) in [7, 11) is -3.57. The van der Waals surface area contributed by atoms with Crippen molar-refractivity contribution in [2.24, 2.45) is 0 Å². The molecule has 0 spiro atoms. The molecule has 1 unspecified atom stereocenters.